The van der Waals surface area contributed by atoms with Crippen LogP contribution in [0.15, 0.2) is 24.3 Å². The highest BCUT2D eigenvalue weighted by molar-refractivity contribution is 5.91. The van der Waals surface area contributed by atoms with Crippen molar-refractivity contribution in [1.82, 2.24) is 0 Å². The lowest BCUT2D eigenvalue weighted by atomic mass is 9.75. The number of carbonyl (C=O) groups is 3. The molecule has 0 aromatic heterocycles. The molecule has 1 aromatic rings. The zero-order valence-corrected chi connectivity index (χ0v) is 22.6. The van der Waals surface area contributed by atoms with Crippen LogP contribution in [0.25, 0.3) is 0 Å². The summed E-state index contributed by atoms with van der Waals surface area (Å²) in [5.41, 5.74) is 2.12. The van der Waals surface area contributed by atoms with E-state index in [0.29, 0.717) is 23.8 Å². The van der Waals surface area contributed by atoms with Crippen molar-refractivity contribution >= 4 is 18.1 Å². The summed E-state index contributed by atoms with van der Waals surface area (Å²) in [6, 6.07) is 5.44. The summed E-state index contributed by atoms with van der Waals surface area (Å²) < 4.78 is 50.3. The number of hydrogen-bond acceptors (Lipinski definition) is 8. The van der Waals surface area contributed by atoms with Gasteiger partial charge in [0.05, 0.1) is 12.7 Å². The summed E-state index contributed by atoms with van der Waals surface area (Å²) in [5, 5.41) is 9.44. The van der Waals surface area contributed by atoms with Gasteiger partial charge in [0, 0.05) is 18.8 Å². The van der Waals surface area contributed by atoms with Gasteiger partial charge in [-0.15, -0.1) is 0 Å². The molecule has 1 aromatic carbocycles. The Morgan fingerprint density at radius 2 is 1.77 bits per heavy atom. The van der Waals surface area contributed by atoms with Gasteiger partial charge in [0.15, 0.2) is 0 Å². The lowest BCUT2D eigenvalue weighted by Gasteiger charge is -2.36. The Morgan fingerprint density at radius 3 is 2.38 bits per heavy atom. The van der Waals surface area contributed by atoms with Crippen molar-refractivity contribution in [3.8, 4) is 0 Å². The van der Waals surface area contributed by atoms with E-state index in [-0.39, 0.29) is 25.0 Å². The van der Waals surface area contributed by atoms with E-state index in [1.807, 2.05) is 0 Å². The topological polar surface area (TPSA) is 134 Å². The van der Waals surface area contributed by atoms with Gasteiger partial charge in [0.25, 0.3) is 0 Å². The quantitative estimate of drug-likeness (QED) is 0.338. The second-order valence-electron chi connectivity index (χ2n) is 11.6. The first-order valence-electron chi connectivity index (χ1n) is 13.4. The molecule has 1 unspecified atom stereocenters. The van der Waals surface area contributed by atoms with Gasteiger partial charge in [0.1, 0.15) is 17.5 Å². The van der Waals surface area contributed by atoms with Crippen LogP contribution in [0.1, 0.15) is 58.9 Å². The number of ether oxygens (including phenoxy) is 4. The van der Waals surface area contributed by atoms with Crippen LogP contribution in [0.4, 0.5) is 13.6 Å². The van der Waals surface area contributed by atoms with Crippen molar-refractivity contribution < 1.29 is 47.2 Å². The van der Waals surface area contributed by atoms with Crippen molar-refractivity contribution in [2.75, 3.05) is 0 Å². The lowest BCUT2D eigenvalue weighted by molar-refractivity contribution is -0.184. The number of esters is 1. The summed E-state index contributed by atoms with van der Waals surface area (Å²) in [6.45, 7) is 7.44. The van der Waals surface area contributed by atoms with Gasteiger partial charge in [0.2, 0.25) is 12.0 Å². The summed E-state index contributed by atoms with van der Waals surface area (Å²) in [6.07, 6.45) is -1.32. The summed E-state index contributed by atoms with van der Waals surface area (Å²) >= 11 is 0. The molecular formula is C28H37F2NO8. The molecule has 3 aliphatic rings. The minimum Gasteiger partial charge on any atom is -0.479 e. The summed E-state index contributed by atoms with van der Waals surface area (Å²) in [4.78, 5) is 37.4. The number of nitrogens with two attached hydrogens (primary N) is 1. The van der Waals surface area contributed by atoms with Crippen LogP contribution >= 0.6 is 0 Å². The van der Waals surface area contributed by atoms with Gasteiger partial charge in [-0.1, -0.05) is 39.3 Å². The highest BCUT2D eigenvalue weighted by Crippen LogP contribution is 2.67. The van der Waals surface area contributed by atoms with Crippen LogP contribution in [0.2, 0.25) is 0 Å². The molecule has 0 aliphatic heterocycles. The standard InChI is InChI=1S/C28H37F2NO8/c1-14(2)19-10-5-15(3)11-21(19)39-26(35)38-16(4)37-25(34)28(31)22(12-20-23(28)27(20,30)24(32)33)36-13-17-6-8-18(29)9-7-17/h6-9,14-16,19-23H,5,10-13,31H2,1-4H3,(H,32,33)/t15-,16?,19+,20+,21-,22+,23-,27+,28-/m0/s1. The summed E-state index contributed by atoms with van der Waals surface area (Å²) in [5.74, 6) is -4.86. The third kappa shape index (κ3) is 5.61. The van der Waals surface area contributed by atoms with Gasteiger partial charge < -0.3 is 29.8 Å². The fourth-order valence-corrected chi connectivity index (χ4v) is 6.39. The van der Waals surface area contributed by atoms with Gasteiger partial charge in [-0.3, -0.25) is 0 Å². The molecule has 3 fully saturated rings. The fourth-order valence-electron chi connectivity index (χ4n) is 6.39. The zero-order chi connectivity index (χ0) is 28.7. The molecule has 3 aliphatic carbocycles. The first kappa shape index (κ1) is 29.2. The van der Waals surface area contributed by atoms with Crippen molar-refractivity contribution in [2.24, 2.45) is 35.3 Å². The smallest absolute Gasteiger partial charge is 0.479 e. The minimum absolute atomic E-state index is 0.0712. The molecule has 9 atom stereocenters. The highest BCUT2D eigenvalue weighted by Gasteiger charge is 2.85. The molecular weight excluding hydrogens is 516 g/mol. The molecule has 0 radical (unpaired) electrons. The Labute approximate surface area is 226 Å². The maximum atomic E-state index is 15.2. The highest BCUT2D eigenvalue weighted by atomic mass is 19.1. The molecule has 216 valence electrons. The molecule has 0 saturated heterocycles. The SMILES string of the molecule is CC(OC(=O)O[C@H]1C[C@@H](C)CC[C@@H]1C(C)C)OC(=O)[C@@]1(N)[C@H]2[C@@H](C[C@H]1OCc1ccc(F)cc1)[C@]2(F)C(=O)O. The largest absolute Gasteiger partial charge is 0.511 e. The molecule has 11 heteroatoms. The van der Waals surface area contributed by atoms with E-state index in [1.54, 1.807) is 0 Å². The van der Waals surface area contributed by atoms with E-state index in [9.17, 15) is 23.9 Å². The molecule has 0 amide bonds. The molecule has 0 heterocycles. The van der Waals surface area contributed by atoms with Crippen molar-refractivity contribution in [3.63, 3.8) is 0 Å². The van der Waals surface area contributed by atoms with Crippen LogP contribution in [-0.2, 0) is 35.1 Å². The Bertz CT molecular complexity index is 1080. The van der Waals surface area contributed by atoms with Crippen LogP contribution in [-0.4, -0.2) is 52.9 Å². The predicted octanol–water partition coefficient (Wildman–Crippen LogP) is 4.35. The number of hydrogen-bond donors (Lipinski definition) is 2. The number of rotatable bonds is 9. The third-order valence-electron chi connectivity index (χ3n) is 8.59. The van der Waals surface area contributed by atoms with Crippen molar-refractivity contribution in [1.29, 1.82) is 0 Å². The molecule has 4 rings (SSSR count). The first-order valence-corrected chi connectivity index (χ1v) is 13.4. The fraction of sp³-hybridized carbons (Fsp3) is 0.679. The predicted molar refractivity (Wildman–Crippen MR) is 133 cm³/mol. The van der Waals surface area contributed by atoms with Crippen molar-refractivity contribution in [3.05, 3.63) is 35.6 Å². The first-order chi connectivity index (χ1) is 18.3. The van der Waals surface area contributed by atoms with Crippen LogP contribution in [0.5, 0.6) is 0 Å². The molecule has 3 saturated carbocycles. The molecule has 3 N–H and O–H groups in total. The average Bonchev–Trinajstić information content (AvgIpc) is 3.33. The number of carboxylic acids is 1. The number of carboxylic acid groups (broad SMARTS) is 1. The zero-order valence-electron chi connectivity index (χ0n) is 22.6. The number of fused-ring (bicyclic) bond motifs is 1. The maximum Gasteiger partial charge on any atom is 0.511 e. The second kappa shape index (κ2) is 11.0. The van der Waals surface area contributed by atoms with E-state index in [2.05, 4.69) is 20.8 Å². The molecule has 39 heavy (non-hydrogen) atoms. The Hall–Kier alpha value is -2.79. The number of alkyl halides is 1. The maximum absolute atomic E-state index is 15.2. The van der Waals surface area contributed by atoms with Gasteiger partial charge in [-0.05, 0) is 54.7 Å². The van der Waals surface area contributed by atoms with Gasteiger partial charge in [-0.2, -0.15) is 0 Å². The Morgan fingerprint density at radius 1 is 1.10 bits per heavy atom. The summed E-state index contributed by atoms with van der Waals surface area (Å²) in [7, 11) is 0. The van der Waals surface area contributed by atoms with E-state index in [1.165, 1.54) is 31.2 Å². The lowest BCUT2D eigenvalue weighted by Crippen LogP contribution is -2.61. The Balaban J connectivity index is 1.41. The van der Waals surface area contributed by atoms with Crippen LogP contribution in [0.3, 0.4) is 0 Å². The Kier molecular flexibility index (Phi) is 8.23. The number of halogens is 2. The van der Waals surface area contributed by atoms with E-state index in [0.717, 1.165) is 12.8 Å². The number of aliphatic carboxylic acids is 1. The van der Waals surface area contributed by atoms with Crippen molar-refractivity contribution in [2.45, 2.75) is 89.7 Å². The normalized spacial score (nSPS) is 36.1. The van der Waals surface area contributed by atoms with E-state index < -0.39 is 59.3 Å². The monoisotopic (exact) mass is 553 g/mol. The molecule has 9 nitrogen and oxygen atoms in total. The van der Waals surface area contributed by atoms with Crippen LogP contribution < -0.4 is 5.73 Å². The minimum atomic E-state index is -2.70. The van der Waals surface area contributed by atoms with Crippen LogP contribution in [0, 0.1) is 35.4 Å². The van der Waals surface area contributed by atoms with Gasteiger partial charge >= 0.3 is 18.1 Å². The molecule has 0 spiro atoms. The number of benzene rings is 1. The third-order valence-corrected chi connectivity index (χ3v) is 8.59. The van der Waals surface area contributed by atoms with Gasteiger partial charge in [-0.25, -0.2) is 23.2 Å². The average molecular weight is 554 g/mol. The van der Waals surface area contributed by atoms with E-state index in [4.69, 9.17) is 24.7 Å². The van der Waals surface area contributed by atoms with E-state index >= 15 is 4.39 Å². The second-order valence-corrected chi connectivity index (χ2v) is 11.6. The molecule has 0 bridgehead atoms. The number of carbonyl (C=O) groups excluding carboxylic acids is 2.